The Bertz CT molecular complexity index is 141. The van der Waals surface area contributed by atoms with Crippen LogP contribution in [0.1, 0.15) is 6.42 Å². The molecule has 2 atom stereocenters. The van der Waals surface area contributed by atoms with Gasteiger partial charge >= 0.3 is 5.97 Å². The number of aliphatic carboxylic acids is 1. The highest BCUT2D eigenvalue weighted by Crippen LogP contribution is 2.05. The molecule has 4 heteroatoms. The quantitative estimate of drug-likeness (QED) is 0.441. The van der Waals surface area contributed by atoms with Gasteiger partial charge in [0.05, 0.1) is 6.10 Å². The maximum absolute atomic E-state index is 10.3. The molecule has 1 unspecified atom stereocenters. The Morgan fingerprint density at radius 3 is 3.00 bits per heavy atom. The Labute approximate surface area is 54.0 Å². The summed E-state index contributed by atoms with van der Waals surface area (Å²) in [5.74, 6) is -0.875. The van der Waals surface area contributed by atoms with Crippen LogP contribution in [0.25, 0.3) is 0 Å². The molecule has 0 spiro atoms. The van der Waals surface area contributed by atoms with Gasteiger partial charge in [0.2, 0.25) is 1.43 Å². The van der Waals surface area contributed by atoms with Gasteiger partial charge in [-0.2, -0.15) is 0 Å². The van der Waals surface area contributed by atoms with E-state index in [1.165, 1.54) is 0 Å². The van der Waals surface area contributed by atoms with Crippen molar-refractivity contribution in [3.05, 3.63) is 0 Å². The van der Waals surface area contributed by atoms with Crippen LogP contribution in [0.2, 0.25) is 0 Å². The molecule has 0 aliphatic carbocycles. The lowest BCUT2D eigenvalue weighted by atomic mass is 10.2. The molecule has 1 aliphatic heterocycles. The van der Waals surface area contributed by atoms with Crippen molar-refractivity contribution < 1.29 is 15.0 Å². The van der Waals surface area contributed by atoms with Crippen molar-refractivity contribution in [2.24, 2.45) is 0 Å². The van der Waals surface area contributed by atoms with Crippen molar-refractivity contribution in [2.75, 3.05) is 6.54 Å². The van der Waals surface area contributed by atoms with Gasteiger partial charge in [0, 0.05) is 13.0 Å². The maximum Gasteiger partial charge on any atom is 0.320 e. The normalized spacial score (nSPS) is 36.2. The minimum atomic E-state index is -0.875. The predicted octanol–water partition coefficient (Wildman–Crippen LogP) is -1.21. The van der Waals surface area contributed by atoms with Crippen LogP contribution in [0.3, 0.4) is 0 Å². The van der Waals surface area contributed by atoms with Gasteiger partial charge in [-0.05, 0) is 0 Å². The number of carboxylic acids is 1. The topological polar surface area (TPSA) is 69.6 Å². The van der Waals surface area contributed by atoms with Crippen LogP contribution in [0, 0.1) is 0 Å². The van der Waals surface area contributed by atoms with Gasteiger partial charge in [-0.15, -0.1) is 0 Å². The first-order valence-electron chi connectivity index (χ1n) is 3.23. The third-order valence-electron chi connectivity index (χ3n) is 1.39. The van der Waals surface area contributed by atoms with E-state index >= 15 is 0 Å². The third kappa shape index (κ3) is 1.40. The number of carbonyl (C=O) groups is 1. The Morgan fingerprint density at radius 1 is 1.89 bits per heavy atom. The number of hydrogen-bond acceptors (Lipinski definition) is 3. The molecule has 0 bridgehead atoms. The third-order valence-corrected chi connectivity index (χ3v) is 1.39. The van der Waals surface area contributed by atoms with Crippen LogP contribution >= 0.6 is 0 Å². The molecule has 1 fully saturated rings. The molecule has 1 saturated heterocycles. The van der Waals surface area contributed by atoms with Gasteiger partial charge in [0.15, 0.2) is 0 Å². The molecule has 1 rings (SSSR count). The number of nitrogens with one attached hydrogen (secondary N) is 1. The second kappa shape index (κ2) is 2.33. The number of aliphatic hydroxyl groups is 1. The lowest BCUT2D eigenvalue weighted by Gasteiger charge is -1.99. The van der Waals surface area contributed by atoms with E-state index in [2.05, 4.69) is 10.4 Å². The molecule has 0 aromatic carbocycles. The Morgan fingerprint density at radius 2 is 2.67 bits per heavy atom. The first-order valence-corrected chi connectivity index (χ1v) is 2.82. The molecule has 0 aromatic rings. The van der Waals surface area contributed by atoms with Gasteiger partial charge in [0.1, 0.15) is 6.04 Å². The molecule has 0 radical (unpaired) electrons. The number of rotatable bonds is 2. The van der Waals surface area contributed by atoms with E-state index in [0.717, 1.165) is 0 Å². The zero-order chi connectivity index (χ0) is 7.56. The van der Waals surface area contributed by atoms with E-state index in [-0.39, 0.29) is 6.10 Å². The highest BCUT2D eigenvalue weighted by atomic mass is 16.4. The zero-order valence-corrected chi connectivity index (χ0v) is 4.83. The standard InChI is InChI=1S/C5H9NO3/c7-3-1-4(5(8)9)6-2-3/h3-4,6-7H,1-2H2,(H,8,9)/t3?,4-/m0/s1/i7D. The summed E-state index contributed by atoms with van der Waals surface area (Å²) in [5, 5.41) is 15.4. The number of aliphatic hydroxyl groups excluding tert-OH is 1. The summed E-state index contributed by atoms with van der Waals surface area (Å²) in [7, 11) is 0. The fourth-order valence-corrected chi connectivity index (χ4v) is 0.891. The summed E-state index contributed by atoms with van der Waals surface area (Å²) in [5.41, 5.74) is 0. The smallest absolute Gasteiger partial charge is 0.320 e. The monoisotopic (exact) mass is 132 g/mol. The fourth-order valence-electron chi connectivity index (χ4n) is 0.891. The molecular weight excluding hydrogens is 122 g/mol. The molecule has 0 saturated carbocycles. The first-order chi connectivity index (χ1) is 4.74. The van der Waals surface area contributed by atoms with E-state index in [4.69, 9.17) is 6.54 Å². The molecule has 1 heterocycles. The summed E-state index contributed by atoms with van der Waals surface area (Å²) in [4.78, 5) is 10.3. The SMILES string of the molecule is [2H]OC1CN[C@H](C(=O)O)C1. The lowest BCUT2D eigenvalue weighted by molar-refractivity contribution is -0.139. The summed E-state index contributed by atoms with van der Waals surface area (Å²) in [6.07, 6.45) is 0.125. The van der Waals surface area contributed by atoms with Crippen LogP contribution in [0.15, 0.2) is 0 Å². The maximum atomic E-state index is 10.3. The summed E-state index contributed by atoms with van der Waals surface area (Å²) in [6, 6.07) is -0.532. The van der Waals surface area contributed by atoms with E-state index in [0.29, 0.717) is 13.0 Å². The average molecular weight is 132 g/mol. The molecule has 52 valence electrons. The predicted molar refractivity (Wildman–Crippen MR) is 30.1 cm³/mol. The van der Waals surface area contributed by atoms with E-state index in [1.807, 2.05) is 0 Å². The van der Waals surface area contributed by atoms with Crippen LogP contribution < -0.4 is 5.32 Å². The van der Waals surface area contributed by atoms with Crippen LogP contribution in [-0.2, 0) is 4.79 Å². The molecule has 9 heavy (non-hydrogen) atoms. The largest absolute Gasteiger partial charge is 0.480 e. The Balaban J connectivity index is 2.35. The van der Waals surface area contributed by atoms with Gasteiger partial charge in [-0.1, -0.05) is 0 Å². The Kier molecular flexibility index (Phi) is 1.34. The number of carboxylic acid groups (broad SMARTS) is 1. The van der Waals surface area contributed by atoms with Gasteiger partial charge in [-0.25, -0.2) is 0 Å². The van der Waals surface area contributed by atoms with Crippen LogP contribution in [0.5, 0.6) is 0 Å². The minimum absolute atomic E-state index is 0.263. The Hall–Kier alpha value is -0.610. The number of hydrogen-bond donors (Lipinski definition) is 3. The average Bonchev–Trinajstić information content (AvgIpc) is 2.34. The van der Waals surface area contributed by atoms with Gasteiger partial charge in [0.25, 0.3) is 0 Å². The molecule has 0 aromatic heterocycles. The van der Waals surface area contributed by atoms with Crippen LogP contribution in [-0.4, -0.2) is 36.3 Å². The number of β-amino-alcohol motifs (C(OH)–C–C–N with tert-alkyl or cyclic N) is 1. The van der Waals surface area contributed by atoms with Crippen molar-refractivity contribution in [1.29, 1.82) is 1.43 Å². The zero-order valence-electron chi connectivity index (χ0n) is 5.83. The second-order valence-corrected chi connectivity index (χ2v) is 2.16. The van der Waals surface area contributed by atoms with Crippen molar-refractivity contribution >= 4 is 5.97 Å². The van der Waals surface area contributed by atoms with Crippen molar-refractivity contribution in [3.63, 3.8) is 0 Å². The van der Waals surface area contributed by atoms with Crippen molar-refractivity contribution in [2.45, 2.75) is 18.6 Å². The lowest BCUT2D eigenvalue weighted by Crippen LogP contribution is -2.29. The molecule has 4 nitrogen and oxygen atoms in total. The first kappa shape index (κ1) is 5.20. The molecular formula is C5H9NO3. The van der Waals surface area contributed by atoms with E-state index < -0.39 is 12.0 Å². The van der Waals surface area contributed by atoms with Crippen LogP contribution in [0.4, 0.5) is 0 Å². The van der Waals surface area contributed by atoms with Gasteiger partial charge in [-0.3, -0.25) is 4.79 Å². The summed E-state index contributed by atoms with van der Waals surface area (Å²) < 4.78 is 6.50. The highest BCUT2D eigenvalue weighted by Gasteiger charge is 2.27. The van der Waals surface area contributed by atoms with E-state index in [1.54, 1.807) is 0 Å². The fraction of sp³-hybridized carbons (Fsp3) is 0.800. The second-order valence-electron chi connectivity index (χ2n) is 2.16. The van der Waals surface area contributed by atoms with Crippen molar-refractivity contribution in [3.8, 4) is 0 Å². The molecule has 1 aliphatic rings. The van der Waals surface area contributed by atoms with E-state index in [9.17, 15) is 4.79 Å². The summed E-state index contributed by atoms with van der Waals surface area (Å²) >= 11 is 0. The van der Waals surface area contributed by atoms with Gasteiger partial charge < -0.3 is 15.5 Å². The highest BCUT2D eigenvalue weighted by molar-refractivity contribution is 5.73. The summed E-state index contributed by atoms with van der Waals surface area (Å²) in [6.45, 7) is 0.459. The van der Waals surface area contributed by atoms with Crippen molar-refractivity contribution in [1.82, 2.24) is 5.32 Å². The minimum Gasteiger partial charge on any atom is -0.480 e. The molecule has 0 amide bonds. The molecule has 3 N–H and O–H groups in total.